The molecule has 0 radical (unpaired) electrons. The molecule has 0 aliphatic carbocycles. The van der Waals surface area contributed by atoms with Crippen LogP contribution in [0.1, 0.15) is 31.8 Å². The average molecular weight is 425 g/mol. The highest BCUT2D eigenvalue weighted by atomic mass is 16.4. The van der Waals surface area contributed by atoms with E-state index in [9.17, 15) is 19.6 Å². The summed E-state index contributed by atoms with van der Waals surface area (Å²) in [6, 6.07) is 21.4. The number of aromatic carboxylic acids is 1. The second-order valence-electron chi connectivity index (χ2n) is 6.95. The molecule has 3 aromatic rings. The quantitative estimate of drug-likeness (QED) is 0.397. The van der Waals surface area contributed by atoms with Gasteiger partial charge in [0, 0.05) is 16.9 Å². The first kappa shape index (κ1) is 22.0. The molecule has 0 unspecified atom stereocenters. The number of benzene rings is 3. The Morgan fingerprint density at radius 3 is 2.16 bits per heavy atom. The number of aryl methyl sites for hydroxylation is 1. The van der Waals surface area contributed by atoms with Gasteiger partial charge in [0.2, 0.25) is 0 Å². The highest BCUT2D eigenvalue weighted by Crippen LogP contribution is 2.17. The maximum Gasteiger partial charge on any atom is 0.335 e. The Balaban J connectivity index is 1.73. The summed E-state index contributed by atoms with van der Waals surface area (Å²) in [5.74, 6) is -1.98. The number of hydrogen-bond donors (Lipinski definition) is 3. The number of nitrogens with zero attached hydrogens (tertiary/aromatic N) is 1. The van der Waals surface area contributed by atoms with E-state index in [0.717, 1.165) is 5.56 Å². The maximum absolute atomic E-state index is 12.5. The van der Waals surface area contributed by atoms with Crippen molar-refractivity contribution in [2.24, 2.45) is 0 Å². The fourth-order valence-electron chi connectivity index (χ4n) is 2.82. The van der Waals surface area contributed by atoms with Crippen LogP contribution < -0.4 is 10.6 Å². The smallest absolute Gasteiger partial charge is 0.335 e. The fourth-order valence-corrected chi connectivity index (χ4v) is 2.82. The molecule has 0 aromatic heterocycles. The van der Waals surface area contributed by atoms with Crippen molar-refractivity contribution in [3.05, 3.63) is 101 Å². The number of amides is 2. The minimum Gasteiger partial charge on any atom is -0.478 e. The van der Waals surface area contributed by atoms with Crippen molar-refractivity contribution in [3.63, 3.8) is 0 Å². The van der Waals surface area contributed by atoms with E-state index >= 15 is 0 Å². The van der Waals surface area contributed by atoms with E-state index < -0.39 is 11.9 Å². The lowest BCUT2D eigenvalue weighted by Crippen LogP contribution is -2.13. The van der Waals surface area contributed by atoms with Gasteiger partial charge in [0.25, 0.3) is 11.8 Å². The molecule has 0 saturated heterocycles. The van der Waals surface area contributed by atoms with E-state index in [1.165, 1.54) is 30.3 Å². The Hall–Kier alpha value is -4.70. The highest BCUT2D eigenvalue weighted by molar-refractivity contribution is 6.10. The van der Waals surface area contributed by atoms with Gasteiger partial charge in [-0.3, -0.25) is 9.59 Å². The Morgan fingerprint density at radius 2 is 1.53 bits per heavy atom. The number of nitriles is 1. The van der Waals surface area contributed by atoms with Crippen LogP contribution in [0.4, 0.5) is 11.4 Å². The van der Waals surface area contributed by atoms with Gasteiger partial charge in [0.15, 0.2) is 0 Å². The molecular weight excluding hydrogens is 406 g/mol. The van der Waals surface area contributed by atoms with E-state index in [1.807, 2.05) is 25.1 Å². The number of anilines is 2. The van der Waals surface area contributed by atoms with E-state index in [0.29, 0.717) is 22.5 Å². The molecule has 7 heteroatoms. The van der Waals surface area contributed by atoms with Crippen LogP contribution in [0.5, 0.6) is 0 Å². The Kier molecular flexibility index (Phi) is 6.78. The van der Waals surface area contributed by atoms with Gasteiger partial charge in [-0.1, -0.05) is 29.8 Å². The normalized spacial score (nSPS) is 10.7. The molecule has 0 heterocycles. The van der Waals surface area contributed by atoms with Crippen LogP contribution in [0.25, 0.3) is 6.08 Å². The molecule has 0 bridgehead atoms. The molecule has 3 N–H and O–H groups in total. The van der Waals surface area contributed by atoms with Gasteiger partial charge in [-0.05, 0) is 67.1 Å². The fraction of sp³-hybridized carbons (Fsp3) is 0.0400. The number of carboxylic acids is 1. The zero-order valence-corrected chi connectivity index (χ0v) is 17.1. The third kappa shape index (κ3) is 5.68. The summed E-state index contributed by atoms with van der Waals surface area (Å²) in [7, 11) is 0. The predicted octanol–water partition coefficient (Wildman–Crippen LogP) is 4.49. The van der Waals surface area contributed by atoms with Crippen LogP contribution in [0.3, 0.4) is 0 Å². The zero-order valence-electron chi connectivity index (χ0n) is 17.1. The van der Waals surface area contributed by atoms with Gasteiger partial charge < -0.3 is 15.7 Å². The Morgan fingerprint density at radius 1 is 0.875 bits per heavy atom. The first-order valence-corrected chi connectivity index (χ1v) is 9.60. The van der Waals surface area contributed by atoms with Crippen LogP contribution in [0.15, 0.2) is 78.4 Å². The van der Waals surface area contributed by atoms with Gasteiger partial charge >= 0.3 is 5.97 Å². The average Bonchev–Trinajstić information content (AvgIpc) is 2.78. The molecule has 0 spiro atoms. The van der Waals surface area contributed by atoms with Crippen LogP contribution in [-0.2, 0) is 4.79 Å². The van der Waals surface area contributed by atoms with Crippen LogP contribution >= 0.6 is 0 Å². The summed E-state index contributed by atoms with van der Waals surface area (Å²) in [4.78, 5) is 35.8. The lowest BCUT2D eigenvalue weighted by molar-refractivity contribution is -0.112. The minimum atomic E-state index is -1.07. The van der Waals surface area contributed by atoms with Gasteiger partial charge in [-0.15, -0.1) is 0 Å². The summed E-state index contributed by atoms with van der Waals surface area (Å²) in [6.45, 7) is 1.94. The third-order valence-electron chi connectivity index (χ3n) is 4.52. The number of carbonyl (C=O) groups excluding carboxylic acids is 2. The second kappa shape index (κ2) is 9.87. The monoisotopic (exact) mass is 425 g/mol. The maximum atomic E-state index is 12.5. The number of nitrogens with one attached hydrogen (secondary N) is 2. The molecular formula is C25H19N3O4. The summed E-state index contributed by atoms with van der Waals surface area (Å²) in [6.07, 6.45) is 1.41. The molecule has 7 nitrogen and oxygen atoms in total. The summed E-state index contributed by atoms with van der Waals surface area (Å²) in [5, 5.41) is 23.7. The van der Waals surface area contributed by atoms with Crippen LogP contribution in [-0.4, -0.2) is 22.9 Å². The Bertz CT molecular complexity index is 1240. The van der Waals surface area contributed by atoms with Gasteiger partial charge in [-0.2, -0.15) is 5.26 Å². The molecule has 0 saturated carbocycles. The molecule has 158 valence electrons. The molecule has 2 amide bonds. The van der Waals surface area contributed by atoms with Crippen molar-refractivity contribution in [2.45, 2.75) is 6.92 Å². The topological polar surface area (TPSA) is 119 Å². The molecule has 3 aromatic carbocycles. The zero-order chi connectivity index (χ0) is 23.1. The van der Waals surface area contributed by atoms with Crippen molar-refractivity contribution < 1.29 is 19.5 Å². The lowest BCUT2D eigenvalue weighted by atomic mass is 10.1. The number of hydrogen-bond acceptors (Lipinski definition) is 4. The Labute approximate surface area is 184 Å². The predicted molar refractivity (Wildman–Crippen MR) is 121 cm³/mol. The van der Waals surface area contributed by atoms with Crippen LogP contribution in [0, 0.1) is 18.3 Å². The van der Waals surface area contributed by atoms with Crippen LogP contribution in [0.2, 0.25) is 0 Å². The first-order chi connectivity index (χ1) is 15.4. The number of rotatable bonds is 6. The highest BCUT2D eigenvalue weighted by Gasteiger charge is 2.11. The summed E-state index contributed by atoms with van der Waals surface area (Å²) < 4.78 is 0. The van der Waals surface area contributed by atoms with E-state index in [-0.39, 0.29) is 17.0 Å². The SMILES string of the molecule is Cc1ccc(C(=O)Nc2cccc(/C=C(\C#N)C(=O)Nc3ccc(C(=O)O)cc3)c2)cc1. The van der Waals surface area contributed by atoms with Crippen molar-refractivity contribution in [3.8, 4) is 6.07 Å². The van der Waals surface area contributed by atoms with Gasteiger partial charge in [0.05, 0.1) is 5.56 Å². The van der Waals surface area contributed by atoms with Crippen molar-refractivity contribution in [1.82, 2.24) is 0 Å². The van der Waals surface area contributed by atoms with Crippen molar-refractivity contribution in [1.29, 1.82) is 5.26 Å². The third-order valence-corrected chi connectivity index (χ3v) is 4.52. The van der Waals surface area contributed by atoms with E-state index in [1.54, 1.807) is 36.4 Å². The molecule has 0 aliphatic rings. The second-order valence-corrected chi connectivity index (χ2v) is 6.95. The summed E-state index contributed by atoms with van der Waals surface area (Å²) >= 11 is 0. The molecule has 0 atom stereocenters. The molecule has 0 fully saturated rings. The largest absolute Gasteiger partial charge is 0.478 e. The first-order valence-electron chi connectivity index (χ1n) is 9.60. The number of carboxylic acid groups (broad SMARTS) is 1. The van der Waals surface area contributed by atoms with Crippen molar-refractivity contribution >= 4 is 35.2 Å². The van der Waals surface area contributed by atoms with Gasteiger partial charge in [0.1, 0.15) is 11.6 Å². The van der Waals surface area contributed by atoms with E-state index in [4.69, 9.17) is 5.11 Å². The van der Waals surface area contributed by atoms with E-state index in [2.05, 4.69) is 10.6 Å². The summed E-state index contributed by atoms with van der Waals surface area (Å²) in [5.41, 5.74) is 2.94. The standard InChI is InChI=1S/C25H19N3O4/c1-16-5-7-18(8-6-16)23(29)28-22-4-2-3-17(14-22)13-20(15-26)24(30)27-21-11-9-19(10-12-21)25(31)32/h2-14H,1H3,(H,27,30)(H,28,29)(H,31,32)/b20-13+. The van der Waals surface area contributed by atoms with Gasteiger partial charge in [-0.25, -0.2) is 4.79 Å². The number of carbonyl (C=O) groups is 3. The lowest BCUT2D eigenvalue weighted by Gasteiger charge is -2.07. The molecule has 0 aliphatic heterocycles. The van der Waals surface area contributed by atoms with Crippen molar-refractivity contribution in [2.75, 3.05) is 10.6 Å². The molecule has 32 heavy (non-hydrogen) atoms. The minimum absolute atomic E-state index is 0.0866. The molecule has 3 rings (SSSR count).